The molecule has 0 unspecified atom stereocenters. The van der Waals surface area contributed by atoms with Crippen molar-refractivity contribution < 1.29 is 14.3 Å². The Labute approximate surface area is 131 Å². The minimum absolute atomic E-state index is 0.0970. The summed E-state index contributed by atoms with van der Waals surface area (Å²) in [7, 11) is 0. The molecule has 0 saturated heterocycles. The standard InChI is InChI=1S/C15H15BrN2O3/c1-2-18-8-11(16)6-12(18)15(19)17-7-10-3-4-13-14(5-10)21-9-20-13/h3-6,8H,2,7,9H2,1H3,(H,17,19). The summed E-state index contributed by atoms with van der Waals surface area (Å²) in [6, 6.07) is 7.48. The van der Waals surface area contributed by atoms with Crippen molar-refractivity contribution in [1.29, 1.82) is 0 Å². The number of rotatable bonds is 4. The summed E-state index contributed by atoms with van der Waals surface area (Å²) in [5, 5.41) is 2.92. The second-order valence-corrected chi connectivity index (χ2v) is 5.62. The van der Waals surface area contributed by atoms with Gasteiger partial charge < -0.3 is 19.4 Å². The van der Waals surface area contributed by atoms with Crippen molar-refractivity contribution in [2.45, 2.75) is 20.0 Å². The molecule has 0 spiro atoms. The summed E-state index contributed by atoms with van der Waals surface area (Å²) in [5.41, 5.74) is 1.62. The van der Waals surface area contributed by atoms with Gasteiger partial charge in [0.15, 0.2) is 11.5 Å². The fraction of sp³-hybridized carbons (Fsp3) is 0.267. The summed E-state index contributed by atoms with van der Waals surface area (Å²) in [6.45, 7) is 3.45. The molecule has 0 radical (unpaired) electrons. The number of carbonyl (C=O) groups excluding carboxylic acids is 1. The van der Waals surface area contributed by atoms with Gasteiger partial charge in [0.25, 0.3) is 5.91 Å². The molecule has 1 aromatic carbocycles. The quantitative estimate of drug-likeness (QED) is 0.922. The monoisotopic (exact) mass is 350 g/mol. The van der Waals surface area contributed by atoms with Crippen LogP contribution in [0.4, 0.5) is 0 Å². The molecule has 2 heterocycles. The second-order valence-electron chi connectivity index (χ2n) is 4.70. The zero-order valence-electron chi connectivity index (χ0n) is 11.6. The van der Waals surface area contributed by atoms with Crippen molar-refractivity contribution in [1.82, 2.24) is 9.88 Å². The number of aryl methyl sites for hydroxylation is 1. The van der Waals surface area contributed by atoms with Gasteiger partial charge in [0.05, 0.1) is 0 Å². The van der Waals surface area contributed by atoms with E-state index in [4.69, 9.17) is 9.47 Å². The molecule has 2 aromatic rings. The van der Waals surface area contributed by atoms with Crippen molar-refractivity contribution in [2.75, 3.05) is 6.79 Å². The number of aromatic nitrogens is 1. The van der Waals surface area contributed by atoms with Gasteiger partial charge in [0, 0.05) is 23.8 Å². The highest BCUT2D eigenvalue weighted by Crippen LogP contribution is 2.32. The van der Waals surface area contributed by atoms with E-state index in [1.807, 2.05) is 42.0 Å². The molecule has 21 heavy (non-hydrogen) atoms. The third kappa shape index (κ3) is 2.90. The van der Waals surface area contributed by atoms with Crippen molar-refractivity contribution in [3.63, 3.8) is 0 Å². The first-order chi connectivity index (χ1) is 10.2. The van der Waals surface area contributed by atoms with Gasteiger partial charge in [-0.25, -0.2) is 0 Å². The molecule has 1 aliphatic heterocycles. The number of fused-ring (bicyclic) bond motifs is 1. The molecule has 0 aliphatic carbocycles. The van der Waals surface area contributed by atoms with E-state index in [1.54, 1.807) is 0 Å². The summed E-state index contributed by atoms with van der Waals surface area (Å²) in [4.78, 5) is 12.2. The Bertz CT molecular complexity index is 682. The Morgan fingerprint density at radius 3 is 2.95 bits per heavy atom. The molecule has 3 rings (SSSR count). The Morgan fingerprint density at radius 1 is 1.33 bits per heavy atom. The maximum atomic E-state index is 12.2. The van der Waals surface area contributed by atoms with Crippen LogP contribution in [-0.2, 0) is 13.1 Å². The number of carbonyl (C=O) groups is 1. The van der Waals surface area contributed by atoms with E-state index in [0.29, 0.717) is 12.2 Å². The van der Waals surface area contributed by atoms with E-state index >= 15 is 0 Å². The van der Waals surface area contributed by atoms with Crippen LogP contribution in [0, 0.1) is 0 Å². The Hall–Kier alpha value is -1.95. The highest BCUT2D eigenvalue weighted by Gasteiger charge is 2.15. The Balaban J connectivity index is 1.68. The molecule has 1 amide bonds. The molecule has 0 saturated carbocycles. The van der Waals surface area contributed by atoms with Crippen LogP contribution in [0.15, 0.2) is 34.9 Å². The van der Waals surface area contributed by atoms with E-state index in [1.165, 1.54) is 0 Å². The Morgan fingerprint density at radius 2 is 2.14 bits per heavy atom. The number of hydrogen-bond donors (Lipinski definition) is 1. The number of nitrogens with zero attached hydrogens (tertiary/aromatic N) is 1. The molecule has 0 fully saturated rings. The minimum atomic E-state index is -0.0970. The number of nitrogens with one attached hydrogen (secondary N) is 1. The second kappa shape index (κ2) is 5.81. The number of ether oxygens (including phenoxy) is 2. The van der Waals surface area contributed by atoms with E-state index < -0.39 is 0 Å². The van der Waals surface area contributed by atoms with Crippen molar-refractivity contribution in [3.05, 3.63) is 46.2 Å². The van der Waals surface area contributed by atoms with E-state index in [9.17, 15) is 4.79 Å². The molecule has 110 valence electrons. The zero-order valence-corrected chi connectivity index (χ0v) is 13.1. The smallest absolute Gasteiger partial charge is 0.268 e. The molecule has 0 atom stereocenters. The number of halogens is 1. The highest BCUT2D eigenvalue weighted by atomic mass is 79.9. The van der Waals surface area contributed by atoms with Crippen molar-refractivity contribution in [2.24, 2.45) is 0 Å². The summed E-state index contributed by atoms with van der Waals surface area (Å²) >= 11 is 3.39. The first kappa shape index (κ1) is 14.0. The number of amides is 1. The van der Waals surface area contributed by atoms with Crippen LogP contribution in [0.1, 0.15) is 23.0 Å². The van der Waals surface area contributed by atoms with Crippen molar-refractivity contribution in [3.8, 4) is 11.5 Å². The number of benzene rings is 1. The van der Waals surface area contributed by atoms with E-state index in [2.05, 4.69) is 21.2 Å². The predicted octanol–water partition coefficient (Wildman–Crippen LogP) is 2.93. The normalized spacial score (nSPS) is 12.5. The first-order valence-electron chi connectivity index (χ1n) is 6.70. The lowest BCUT2D eigenvalue weighted by Crippen LogP contribution is -2.25. The van der Waals surface area contributed by atoms with Crippen LogP contribution in [0.25, 0.3) is 0 Å². The minimum Gasteiger partial charge on any atom is -0.454 e. The van der Waals surface area contributed by atoms with Crippen LogP contribution in [0.5, 0.6) is 11.5 Å². The molecule has 1 aliphatic rings. The fourth-order valence-electron chi connectivity index (χ4n) is 2.25. The van der Waals surface area contributed by atoms with Gasteiger partial charge >= 0.3 is 0 Å². The van der Waals surface area contributed by atoms with Gasteiger partial charge in [-0.3, -0.25) is 4.79 Å². The van der Waals surface area contributed by atoms with Crippen LogP contribution < -0.4 is 14.8 Å². The lowest BCUT2D eigenvalue weighted by Gasteiger charge is -2.08. The van der Waals surface area contributed by atoms with E-state index in [-0.39, 0.29) is 12.7 Å². The average molecular weight is 351 g/mol. The van der Waals surface area contributed by atoms with Crippen LogP contribution in [0.3, 0.4) is 0 Å². The lowest BCUT2D eigenvalue weighted by atomic mass is 10.2. The molecular weight excluding hydrogens is 336 g/mol. The average Bonchev–Trinajstić information content (AvgIpc) is 3.09. The van der Waals surface area contributed by atoms with Crippen molar-refractivity contribution >= 4 is 21.8 Å². The summed E-state index contributed by atoms with van der Waals surface area (Å²) in [6.07, 6.45) is 1.90. The predicted molar refractivity (Wildman–Crippen MR) is 81.5 cm³/mol. The van der Waals surface area contributed by atoms with Gasteiger partial charge in [-0.15, -0.1) is 0 Å². The maximum Gasteiger partial charge on any atom is 0.268 e. The molecular formula is C15H15BrN2O3. The van der Waals surface area contributed by atoms with E-state index in [0.717, 1.165) is 28.1 Å². The third-order valence-corrected chi connectivity index (χ3v) is 3.76. The molecule has 1 N–H and O–H groups in total. The molecule has 5 nitrogen and oxygen atoms in total. The summed E-state index contributed by atoms with van der Waals surface area (Å²) < 4.78 is 13.4. The largest absolute Gasteiger partial charge is 0.454 e. The van der Waals surface area contributed by atoms with Crippen LogP contribution in [0.2, 0.25) is 0 Å². The molecule has 6 heteroatoms. The fourth-order valence-corrected chi connectivity index (χ4v) is 2.71. The lowest BCUT2D eigenvalue weighted by molar-refractivity contribution is 0.0941. The molecule has 0 bridgehead atoms. The van der Waals surface area contributed by atoms with Gasteiger partial charge in [-0.1, -0.05) is 6.07 Å². The third-order valence-electron chi connectivity index (χ3n) is 3.33. The SMILES string of the molecule is CCn1cc(Br)cc1C(=O)NCc1ccc2c(c1)OCO2. The van der Waals surface area contributed by atoms with Gasteiger partial charge in [-0.2, -0.15) is 0 Å². The topological polar surface area (TPSA) is 52.5 Å². The van der Waals surface area contributed by atoms with Gasteiger partial charge in [0.1, 0.15) is 5.69 Å². The van der Waals surface area contributed by atoms with Crippen LogP contribution >= 0.6 is 15.9 Å². The highest BCUT2D eigenvalue weighted by molar-refractivity contribution is 9.10. The van der Waals surface area contributed by atoms with Gasteiger partial charge in [-0.05, 0) is 46.6 Å². The summed E-state index contributed by atoms with van der Waals surface area (Å²) in [5.74, 6) is 1.37. The number of hydrogen-bond acceptors (Lipinski definition) is 3. The first-order valence-corrected chi connectivity index (χ1v) is 7.49. The van der Waals surface area contributed by atoms with Crippen LogP contribution in [-0.4, -0.2) is 17.3 Å². The Kier molecular flexibility index (Phi) is 3.88. The maximum absolute atomic E-state index is 12.2. The zero-order chi connectivity index (χ0) is 14.8. The molecule has 1 aromatic heterocycles. The van der Waals surface area contributed by atoms with Gasteiger partial charge in [0.2, 0.25) is 6.79 Å².